The van der Waals surface area contributed by atoms with Crippen molar-refractivity contribution in [2.75, 3.05) is 25.1 Å². The summed E-state index contributed by atoms with van der Waals surface area (Å²) in [6, 6.07) is 27.2. The predicted octanol–water partition coefficient (Wildman–Crippen LogP) is 4.39. The summed E-state index contributed by atoms with van der Waals surface area (Å²) in [6.45, 7) is 3.47. The third-order valence-electron chi connectivity index (χ3n) is 4.45. The lowest BCUT2D eigenvalue weighted by Crippen LogP contribution is -2.26. The van der Waals surface area contributed by atoms with Crippen molar-refractivity contribution < 1.29 is 24.5 Å². The number of hydrogen-bond acceptors (Lipinski definition) is 5. The molecule has 3 aromatic carbocycles. The summed E-state index contributed by atoms with van der Waals surface area (Å²) >= 11 is 0. The minimum atomic E-state index is -0.939. The third kappa shape index (κ3) is 9.64. The van der Waals surface area contributed by atoms with Crippen LogP contribution in [0.5, 0.6) is 5.75 Å². The topological polar surface area (TPSA) is 88.0 Å². The number of aliphatic hydroxyl groups is 1. The molecule has 0 aliphatic carbocycles. The molecule has 3 rings (SSSR count). The quantitative estimate of drug-likeness (QED) is 0.412. The number of ether oxygens (including phenoxy) is 2. The molecule has 0 fully saturated rings. The molecule has 0 spiro atoms. The Kier molecular flexibility index (Phi) is 11.4. The van der Waals surface area contributed by atoms with Gasteiger partial charge in [0.1, 0.15) is 12.4 Å². The Balaban J connectivity index is 0.000000303. The van der Waals surface area contributed by atoms with Gasteiger partial charge in [0, 0.05) is 25.3 Å². The molecule has 0 unspecified atom stereocenters. The van der Waals surface area contributed by atoms with Crippen molar-refractivity contribution in [1.82, 2.24) is 0 Å². The summed E-state index contributed by atoms with van der Waals surface area (Å²) < 4.78 is 10.9. The summed E-state index contributed by atoms with van der Waals surface area (Å²) in [5, 5.41) is 20.6. The monoisotopic (exact) mass is 437 g/mol. The number of carboxylic acid groups (broad SMARTS) is 1. The zero-order valence-electron chi connectivity index (χ0n) is 18.3. The molecule has 3 N–H and O–H groups in total. The normalized spacial score (nSPS) is 11.1. The van der Waals surface area contributed by atoms with E-state index >= 15 is 0 Å². The second kappa shape index (κ2) is 14.6. The van der Waals surface area contributed by atoms with E-state index in [1.165, 1.54) is 0 Å². The molecule has 0 bridgehead atoms. The van der Waals surface area contributed by atoms with Gasteiger partial charge in [-0.2, -0.15) is 0 Å². The van der Waals surface area contributed by atoms with Crippen LogP contribution in [0.4, 0.5) is 5.69 Å². The van der Waals surface area contributed by atoms with Gasteiger partial charge in [-0.3, -0.25) is 0 Å². The smallest absolute Gasteiger partial charge is 0.333 e. The molecule has 0 heterocycles. The first-order valence-corrected chi connectivity index (χ1v) is 10.6. The number of carbonyl (C=O) groups is 1. The zero-order valence-corrected chi connectivity index (χ0v) is 18.3. The maximum atomic E-state index is 11.1. The molecule has 0 saturated carbocycles. The number of aliphatic carboxylic acids is 1. The summed E-state index contributed by atoms with van der Waals surface area (Å²) in [4.78, 5) is 11.1. The van der Waals surface area contributed by atoms with Gasteiger partial charge in [-0.25, -0.2) is 4.79 Å². The van der Waals surface area contributed by atoms with E-state index in [0.717, 1.165) is 22.6 Å². The molecule has 32 heavy (non-hydrogen) atoms. The van der Waals surface area contributed by atoms with E-state index in [1.54, 1.807) is 6.92 Å². The van der Waals surface area contributed by atoms with Crippen LogP contribution in [-0.2, 0) is 22.6 Å². The van der Waals surface area contributed by atoms with Crippen LogP contribution in [0, 0.1) is 0 Å². The fourth-order valence-electron chi connectivity index (χ4n) is 2.85. The van der Waals surface area contributed by atoms with E-state index < -0.39 is 12.1 Å². The molecule has 6 heteroatoms. The first-order chi connectivity index (χ1) is 15.6. The number of aliphatic hydroxyl groups excluding tert-OH is 1. The number of anilines is 1. The highest BCUT2D eigenvalue weighted by molar-refractivity contribution is 5.72. The van der Waals surface area contributed by atoms with E-state index in [1.807, 2.05) is 84.9 Å². The van der Waals surface area contributed by atoms with Gasteiger partial charge >= 0.3 is 5.97 Å². The molecule has 3 aromatic rings. The molecule has 1 atom stereocenters. The van der Waals surface area contributed by atoms with Gasteiger partial charge in [0.15, 0.2) is 6.10 Å². The molecule has 0 aliphatic rings. The lowest BCUT2D eigenvalue weighted by atomic mass is 10.1. The second-order valence-electron chi connectivity index (χ2n) is 6.92. The van der Waals surface area contributed by atoms with E-state index in [9.17, 15) is 4.79 Å². The summed E-state index contributed by atoms with van der Waals surface area (Å²) in [5.74, 6) is -0.179. The van der Waals surface area contributed by atoms with Crippen molar-refractivity contribution in [3.8, 4) is 5.75 Å². The van der Waals surface area contributed by atoms with Gasteiger partial charge in [0.2, 0.25) is 0 Å². The lowest BCUT2D eigenvalue weighted by Gasteiger charge is -2.13. The van der Waals surface area contributed by atoms with Crippen LogP contribution >= 0.6 is 0 Å². The van der Waals surface area contributed by atoms with Crippen LogP contribution in [0.1, 0.15) is 18.1 Å². The van der Waals surface area contributed by atoms with Gasteiger partial charge in [0.05, 0.1) is 6.61 Å². The molecule has 0 aromatic heterocycles. The van der Waals surface area contributed by atoms with Crippen LogP contribution in [0.2, 0.25) is 0 Å². The fourth-order valence-corrected chi connectivity index (χ4v) is 2.85. The SMILES string of the molecule is CCO[C@@H](Cc1ccc(OCc2ccccc2)cc1)C(=O)O.OCCNc1ccccc1. The Bertz CT molecular complexity index is 885. The van der Waals surface area contributed by atoms with Crippen LogP contribution < -0.4 is 10.1 Å². The van der Waals surface area contributed by atoms with Crippen LogP contribution in [0.25, 0.3) is 0 Å². The summed E-state index contributed by atoms with van der Waals surface area (Å²) in [5.41, 5.74) is 3.07. The Morgan fingerprint density at radius 3 is 2.09 bits per heavy atom. The summed E-state index contributed by atoms with van der Waals surface area (Å²) in [7, 11) is 0. The largest absolute Gasteiger partial charge is 0.489 e. The first kappa shape index (κ1) is 24.9. The van der Waals surface area contributed by atoms with Crippen LogP contribution in [0.15, 0.2) is 84.9 Å². The average Bonchev–Trinajstić information content (AvgIpc) is 2.83. The number of rotatable bonds is 11. The van der Waals surface area contributed by atoms with Crippen molar-refractivity contribution in [3.05, 3.63) is 96.1 Å². The van der Waals surface area contributed by atoms with Crippen LogP contribution in [-0.4, -0.2) is 42.0 Å². The highest BCUT2D eigenvalue weighted by atomic mass is 16.5. The number of hydrogen-bond donors (Lipinski definition) is 3. The molecular weight excluding hydrogens is 406 g/mol. The van der Waals surface area contributed by atoms with E-state index in [4.69, 9.17) is 19.7 Å². The van der Waals surface area contributed by atoms with Gasteiger partial charge in [-0.15, -0.1) is 0 Å². The highest BCUT2D eigenvalue weighted by Gasteiger charge is 2.17. The molecule has 0 saturated heterocycles. The van der Waals surface area contributed by atoms with E-state index in [2.05, 4.69) is 5.32 Å². The first-order valence-electron chi connectivity index (χ1n) is 10.6. The number of carboxylic acids is 1. The Morgan fingerprint density at radius 1 is 0.906 bits per heavy atom. The Labute approximate surface area is 189 Å². The standard InChI is InChI=1S/C18H20O4.C8H11NO/c1-2-21-17(18(19)20)12-14-8-10-16(11-9-14)22-13-15-6-4-3-5-7-15;10-7-6-9-8-4-2-1-3-5-8/h3-11,17H,2,12-13H2,1H3,(H,19,20);1-5,9-10H,6-7H2/t17-;/m0./s1. The maximum Gasteiger partial charge on any atom is 0.333 e. The molecule has 170 valence electrons. The van der Waals surface area contributed by atoms with Crippen molar-refractivity contribution in [2.45, 2.75) is 26.1 Å². The molecule has 6 nitrogen and oxygen atoms in total. The van der Waals surface area contributed by atoms with Crippen LogP contribution in [0.3, 0.4) is 0 Å². The van der Waals surface area contributed by atoms with E-state index in [-0.39, 0.29) is 6.61 Å². The molecule has 0 aliphatic heterocycles. The third-order valence-corrected chi connectivity index (χ3v) is 4.45. The molecular formula is C26H31NO5. The summed E-state index contributed by atoms with van der Waals surface area (Å²) in [6.07, 6.45) is -0.455. The number of benzene rings is 3. The average molecular weight is 438 g/mol. The van der Waals surface area contributed by atoms with E-state index in [0.29, 0.717) is 26.2 Å². The number of para-hydroxylation sites is 1. The van der Waals surface area contributed by atoms with Gasteiger partial charge in [0.25, 0.3) is 0 Å². The molecule has 0 radical (unpaired) electrons. The minimum absolute atomic E-state index is 0.175. The van der Waals surface area contributed by atoms with Crippen molar-refractivity contribution in [3.63, 3.8) is 0 Å². The fraction of sp³-hybridized carbons (Fsp3) is 0.269. The predicted molar refractivity (Wildman–Crippen MR) is 126 cm³/mol. The van der Waals surface area contributed by atoms with Gasteiger partial charge < -0.3 is 25.0 Å². The van der Waals surface area contributed by atoms with Gasteiger partial charge in [-0.05, 0) is 42.3 Å². The molecule has 0 amide bonds. The van der Waals surface area contributed by atoms with Crippen molar-refractivity contribution in [1.29, 1.82) is 0 Å². The minimum Gasteiger partial charge on any atom is -0.489 e. The zero-order chi connectivity index (χ0) is 23.0. The van der Waals surface area contributed by atoms with Crippen molar-refractivity contribution in [2.24, 2.45) is 0 Å². The van der Waals surface area contributed by atoms with Gasteiger partial charge in [-0.1, -0.05) is 60.7 Å². The lowest BCUT2D eigenvalue weighted by molar-refractivity contribution is -0.149. The second-order valence-corrected chi connectivity index (χ2v) is 6.92. The number of nitrogens with one attached hydrogen (secondary N) is 1. The maximum absolute atomic E-state index is 11.1. The highest BCUT2D eigenvalue weighted by Crippen LogP contribution is 2.16. The Hall–Kier alpha value is -3.35. The Morgan fingerprint density at radius 2 is 1.53 bits per heavy atom. The van der Waals surface area contributed by atoms with Crippen molar-refractivity contribution >= 4 is 11.7 Å².